The molecule has 0 bridgehead atoms. The molecular formula is C14H14O. The van der Waals surface area contributed by atoms with E-state index < -0.39 is 0 Å². The Kier molecular flexibility index (Phi) is 2.31. The number of aryl methyl sites for hydroxylation is 2. The highest BCUT2D eigenvalue weighted by Gasteiger charge is 2.06. The number of fused-ring (bicyclic) bond motifs is 1. The topological polar surface area (TPSA) is 17.1 Å². The van der Waals surface area contributed by atoms with Gasteiger partial charge < -0.3 is 0 Å². The van der Waals surface area contributed by atoms with Gasteiger partial charge in [0.25, 0.3) is 0 Å². The van der Waals surface area contributed by atoms with Gasteiger partial charge in [0.1, 0.15) is 0 Å². The van der Waals surface area contributed by atoms with E-state index in [-0.39, 0.29) is 5.78 Å². The van der Waals surface area contributed by atoms with Crippen LogP contribution in [0.1, 0.15) is 28.4 Å². The Morgan fingerprint density at radius 1 is 1.07 bits per heavy atom. The lowest BCUT2D eigenvalue weighted by molar-refractivity contribution is 0.101. The number of hydrogen-bond donors (Lipinski definition) is 0. The first-order chi connectivity index (χ1) is 7.09. The van der Waals surface area contributed by atoms with Crippen molar-refractivity contribution in [2.45, 2.75) is 20.8 Å². The predicted octanol–water partition coefficient (Wildman–Crippen LogP) is 3.66. The van der Waals surface area contributed by atoms with E-state index in [9.17, 15) is 4.79 Å². The SMILES string of the molecule is CC(=O)c1cccc2cc(C)c(C)cc12. The van der Waals surface area contributed by atoms with Gasteiger partial charge in [0.05, 0.1) is 0 Å². The normalized spacial score (nSPS) is 10.6. The summed E-state index contributed by atoms with van der Waals surface area (Å²) in [4.78, 5) is 11.5. The van der Waals surface area contributed by atoms with Gasteiger partial charge in [-0.3, -0.25) is 4.79 Å². The Balaban J connectivity index is 2.86. The molecule has 0 heterocycles. The molecule has 0 spiro atoms. The van der Waals surface area contributed by atoms with Crippen molar-refractivity contribution in [3.8, 4) is 0 Å². The second kappa shape index (κ2) is 3.50. The lowest BCUT2D eigenvalue weighted by Crippen LogP contribution is -1.94. The maximum absolute atomic E-state index is 11.5. The Hall–Kier alpha value is -1.63. The van der Waals surface area contributed by atoms with E-state index in [2.05, 4.69) is 26.0 Å². The zero-order chi connectivity index (χ0) is 11.0. The van der Waals surface area contributed by atoms with Gasteiger partial charge in [-0.25, -0.2) is 0 Å². The first-order valence-electron chi connectivity index (χ1n) is 5.10. The fraction of sp³-hybridized carbons (Fsp3) is 0.214. The van der Waals surface area contributed by atoms with Crippen LogP contribution in [0.3, 0.4) is 0 Å². The van der Waals surface area contributed by atoms with Crippen molar-refractivity contribution < 1.29 is 4.79 Å². The van der Waals surface area contributed by atoms with Crippen molar-refractivity contribution in [2.24, 2.45) is 0 Å². The highest BCUT2D eigenvalue weighted by Crippen LogP contribution is 2.23. The number of carbonyl (C=O) groups is 1. The second-order valence-corrected chi connectivity index (χ2v) is 4.02. The standard InChI is InChI=1S/C14H14O/c1-9-7-12-5-4-6-13(11(3)15)14(12)8-10(9)2/h4-8H,1-3H3. The van der Waals surface area contributed by atoms with Crippen molar-refractivity contribution in [2.75, 3.05) is 0 Å². The molecule has 0 amide bonds. The van der Waals surface area contributed by atoms with E-state index in [1.807, 2.05) is 18.2 Å². The van der Waals surface area contributed by atoms with Crippen molar-refractivity contribution in [1.29, 1.82) is 0 Å². The number of rotatable bonds is 1. The zero-order valence-electron chi connectivity index (χ0n) is 9.29. The summed E-state index contributed by atoms with van der Waals surface area (Å²) < 4.78 is 0. The Morgan fingerprint density at radius 2 is 1.73 bits per heavy atom. The molecule has 0 aliphatic rings. The van der Waals surface area contributed by atoms with Gasteiger partial charge in [0.15, 0.2) is 5.78 Å². The van der Waals surface area contributed by atoms with Crippen LogP contribution in [0, 0.1) is 13.8 Å². The third kappa shape index (κ3) is 1.65. The summed E-state index contributed by atoms with van der Waals surface area (Å²) in [6.45, 7) is 5.78. The molecule has 15 heavy (non-hydrogen) atoms. The summed E-state index contributed by atoms with van der Waals surface area (Å²) in [6, 6.07) is 10.1. The van der Waals surface area contributed by atoms with E-state index >= 15 is 0 Å². The summed E-state index contributed by atoms with van der Waals surface area (Å²) in [5, 5.41) is 2.21. The molecule has 2 rings (SSSR count). The van der Waals surface area contributed by atoms with Crippen LogP contribution >= 0.6 is 0 Å². The van der Waals surface area contributed by atoms with Crippen molar-refractivity contribution in [3.05, 3.63) is 47.0 Å². The molecule has 0 fully saturated rings. The van der Waals surface area contributed by atoms with Gasteiger partial charge in [-0.2, -0.15) is 0 Å². The Bertz CT molecular complexity index is 538. The summed E-state index contributed by atoms with van der Waals surface area (Å²) in [5.41, 5.74) is 3.31. The van der Waals surface area contributed by atoms with Crippen molar-refractivity contribution in [1.82, 2.24) is 0 Å². The average Bonchev–Trinajstić information content (AvgIpc) is 2.18. The summed E-state index contributed by atoms with van der Waals surface area (Å²) in [6.07, 6.45) is 0. The molecule has 0 aromatic heterocycles. The van der Waals surface area contributed by atoms with E-state index in [1.54, 1.807) is 6.92 Å². The van der Waals surface area contributed by atoms with Crippen LogP contribution in [-0.4, -0.2) is 5.78 Å². The zero-order valence-corrected chi connectivity index (χ0v) is 9.29. The molecule has 1 nitrogen and oxygen atoms in total. The summed E-state index contributed by atoms with van der Waals surface area (Å²) in [7, 11) is 0. The van der Waals surface area contributed by atoms with Gasteiger partial charge >= 0.3 is 0 Å². The average molecular weight is 198 g/mol. The maximum Gasteiger partial charge on any atom is 0.160 e. The lowest BCUT2D eigenvalue weighted by atomic mass is 9.97. The molecule has 0 N–H and O–H groups in total. The molecule has 1 heteroatoms. The highest BCUT2D eigenvalue weighted by molar-refractivity contribution is 6.07. The number of carbonyl (C=O) groups excluding carboxylic acids is 1. The van der Waals surface area contributed by atoms with Crippen molar-refractivity contribution in [3.63, 3.8) is 0 Å². The second-order valence-electron chi connectivity index (χ2n) is 4.02. The number of ketones is 1. The van der Waals surface area contributed by atoms with Crippen LogP contribution < -0.4 is 0 Å². The first kappa shape index (κ1) is 9.91. The largest absolute Gasteiger partial charge is 0.294 e. The number of hydrogen-bond acceptors (Lipinski definition) is 1. The molecular weight excluding hydrogens is 184 g/mol. The van der Waals surface area contributed by atoms with Crippen LogP contribution in [0.15, 0.2) is 30.3 Å². The lowest BCUT2D eigenvalue weighted by Gasteiger charge is -2.07. The summed E-state index contributed by atoms with van der Waals surface area (Å²) >= 11 is 0. The fourth-order valence-corrected chi connectivity index (χ4v) is 1.85. The molecule has 0 saturated carbocycles. The minimum absolute atomic E-state index is 0.129. The molecule has 0 radical (unpaired) electrons. The molecule has 0 unspecified atom stereocenters. The monoisotopic (exact) mass is 198 g/mol. The maximum atomic E-state index is 11.5. The molecule has 0 aliphatic heterocycles. The van der Waals surface area contributed by atoms with Crippen LogP contribution in [-0.2, 0) is 0 Å². The first-order valence-corrected chi connectivity index (χ1v) is 5.10. The Labute approximate surface area is 89.7 Å². The van der Waals surface area contributed by atoms with Gasteiger partial charge in [-0.1, -0.05) is 30.3 Å². The molecule has 0 atom stereocenters. The highest BCUT2D eigenvalue weighted by atomic mass is 16.1. The molecule has 2 aromatic rings. The van der Waals surface area contributed by atoms with E-state index in [4.69, 9.17) is 0 Å². The number of benzene rings is 2. The summed E-state index contributed by atoms with van der Waals surface area (Å²) in [5.74, 6) is 0.129. The molecule has 2 aromatic carbocycles. The number of Topliss-reactive ketones (excluding diaryl/α,β-unsaturated/α-hetero) is 1. The van der Waals surface area contributed by atoms with Gasteiger partial charge in [-0.15, -0.1) is 0 Å². The third-order valence-corrected chi connectivity index (χ3v) is 2.87. The smallest absolute Gasteiger partial charge is 0.160 e. The van der Waals surface area contributed by atoms with Crippen molar-refractivity contribution >= 4 is 16.6 Å². The molecule has 76 valence electrons. The molecule has 0 saturated heterocycles. The van der Waals surface area contributed by atoms with Crippen LogP contribution in [0.5, 0.6) is 0 Å². The minimum Gasteiger partial charge on any atom is -0.294 e. The van der Waals surface area contributed by atoms with Gasteiger partial charge in [0, 0.05) is 5.56 Å². The van der Waals surface area contributed by atoms with E-state index in [0.717, 1.165) is 16.3 Å². The Morgan fingerprint density at radius 3 is 2.40 bits per heavy atom. The van der Waals surface area contributed by atoms with Gasteiger partial charge in [0.2, 0.25) is 0 Å². The van der Waals surface area contributed by atoms with Crippen LogP contribution in [0.2, 0.25) is 0 Å². The predicted molar refractivity (Wildman–Crippen MR) is 63.4 cm³/mol. The fourth-order valence-electron chi connectivity index (χ4n) is 1.85. The third-order valence-electron chi connectivity index (χ3n) is 2.87. The minimum atomic E-state index is 0.129. The van der Waals surface area contributed by atoms with E-state index in [1.165, 1.54) is 11.1 Å². The van der Waals surface area contributed by atoms with E-state index in [0.29, 0.717) is 0 Å². The van der Waals surface area contributed by atoms with Crippen LogP contribution in [0.4, 0.5) is 0 Å². The van der Waals surface area contributed by atoms with Gasteiger partial charge in [-0.05, 0) is 42.7 Å². The quantitative estimate of drug-likeness (QED) is 0.639. The molecule has 0 aliphatic carbocycles. The van der Waals surface area contributed by atoms with Crippen LogP contribution in [0.25, 0.3) is 10.8 Å².